The van der Waals surface area contributed by atoms with Crippen molar-refractivity contribution >= 4 is 39.4 Å². The summed E-state index contributed by atoms with van der Waals surface area (Å²) in [6, 6.07) is -0.954. The number of aliphatic imine (C=N–C) groups is 1. The van der Waals surface area contributed by atoms with Crippen LogP contribution < -0.4 is 0 Å². The van der Waals surface area contributed by atoms with Gasteiger partial charge in [0.1, 0.15) is 0 Å². The molecule has 1 rings (SSSR count). The molecule has 0 aliphatic carbocycles. The number of thiocarbonyl (C=S) groups is 1. The van der Waals surface area contributed by atoms with E-state index >= 15 is 0 Å². The van der Waals surface area contributed by atoms with Crippen LogP contribution >= 0.6 is 28.1 Å². The van der Waals surface area contributed by atoms with Crippen LogP contribution in [0.3, 0.4) is 0 Å². The first kappa shape index (κ1) is 8.48. The van der Waals surface area contributed by atoms with E-state index in [1.54, 1.807) is 0 Å². The molecular formula is C5H3BrN2O2S. The van der Waals surface area contributed by atoms with Gasteiger partial charge in [-0.1, -0.05) is 12.2 Å². The summed E-state index contributed by atoms with van der Waals surface area (Å²) >= 11 is 7.72. The van der Waals surface area contributed by atoms with Gasteiger partial charge in [0.25, 0.3) is 6.04 Å². The fourth-order valence-electron chi connectivity index (χ4n) is 0.618. The van der Waals surface area contributed by atoms with Crippen LogP contribution in [0.25, 0.3) is 0 Å². The van der Waals surface area contributed by atoms with Gasteiger partial charge in [-0.05, 0) is 15.9 Å². The lowest BCUT2D eigenvalue weighted by atomic mass is 10.2. The van der Waals surface area contributed by atoms with E-state index in [1.807, 2.05) is 0 Å². The standard InChI is InChI=1S/C5H3BrN2O2S/c6-3-1-4(8(9)10)5(11)7-2-3/h1-2,4H. The highest BCUT2D eigenvalue weighted by Gasteiger charge is 2.25. The number of dihydropyridines is 1. The van der Waals surface area contributed by atoms with Gasteiger partial charge in [-0.2, -0.15) is 0 Å². The Balaban J connectivity index is 2.90. The summed E-state index contributed by atoms with van der Waals surface area (Å²) in [5, 5.41) is 10.3. The molecule has 0 aromatic rings. The lowest BCUT2D eigenvalue weighted by molar-refractivity contribution is -0.490. The quantitative estimate of drug-likeness (QED) is 0.391. The Morgan fingerprint density at radius 1 is 1.82 bits per heavy atom. The molecule has 58 valence electrons. The monoisotopic (exact) mass is 234 g/mol. The molecule has 0 amide bonds. The summed E-state index contributed by atoms with van der Waals surface area (Å²) in [5.74, 6) is 0. The van der Waals surface area contributed by atoms with Crippen LogP contribution in [-0.4, -0.2) is 22.2 Å². The van der Waals surface area contributed by atoms with E-state index in [4.69, 9.17) is 0 Å². The third kappa shape index (κ3) is 1.90. The van der Waals surface area contributed by atoms with Crippen molar-refractivity contribution in [3.8, 4) is 0 Å². The molecule has 1 heterocycles. The van der Waals surface area contributed by atoms with Gasteiger partial charge >= 0.3 is 0 Å². The first-order valence-corrected chi connectivity index (χ1v) is 3.90. The largest absolute Gasteiger partial charge is 0.284 e. The Morgan fingerprint density at radius 2 is 2.45 bits per heavy atom. The highest BCUT2D eigenvalue weighted by Crippen LogP contribution is 2.12. The second-order valence-electron chi connectivity index (χ2n) is 1.88. The van der Waals surface area contributed by atoms with Gasteiger partial charge in [0.15, 0.2) is 4.99 Å². The number of nitro groups is 1. The van der Waals surface area contributed by atoms with Crippen molar-refractivity contribution in [1.82, 2.24) is 0 Å². The lowest BCUT2D eigenvalue weighted by Gasteiger charge is -2.06. The Morgan fingerprint density at radius 3 is 2.91 bits per heavy atom. The molecule has 0 aromatic heterocycles. The smallest absolute Gasteiger partial charge is 0.263 e. The van der Waals surface area contributed by atoms with Crippen LogP contribution in [0.1, 0.15) is 0 Å². The molecule has 6 heteroatoms. The van der Waals surface area contributed by atoms with Crippen molar-refractivity contribution in [3.63, 3.8) is 0 Å². The molecule has 0 N–H and O–H groups in total. The van der Waals surface area contributed by atoms with E-state index in [1.165, 1.54) is 12.3 Å². The molecule has 1 aliphatic rings. The molecule has 1 unspecified atom stereocenters. The molecule has 1 aliphatic heterocycles. The van der Waals surface area contributed by atoms with Gasteiger partial charge in [-0.15, -0.1) is 0 Å². The number of hydrogen-bond acceptors (Lipinski definition) is 3. The highest BCUT2D eigenvalue weighted by atomic mass is 79.9. The van der Waals surface area contributed by atoms with Crippen LogP contribution in [0.4, 0.5) is 0 Å². The zero-order valence-electron chi connectivity index (χ0n) is 5.23. The van der Waals surface area contributed by atoms with E-state index in [-0.39, 0.29) is 4.99 Å². The molecule has 0 spiro atoms. The molecule has 0 aromatic carbocycles. The predicted octanol–water partition coefficient (Wildman–Crippen LogP) is 1.32. The fraction of sp³-hybridized carbons (Fsp3) is 0.200. The number of allylic oxidation sites excluding steroid dienone is 1. The van der Waals surface area contributed by atoms with Crippen LogP contribution in [0, 0.1) is 10.1 Å². The average Bonchev–Trinajstić information content (AvgIpc) is 1.94. The van der Waals surface area contributed by atoms with Gasteiger partial charge in [-0.25, -0.2) is 4.99 Å². The summed E-state index contributed by atoms with van der Waals surface area (Å²) < 4.78 is 0.591. The molecule has 4 nitrogen and oxygen atoms in total. The van der Waals surface area contributed by atoms with Gasteiger partial charge in [0.2, 0.25) is 0 Å². The van der Waals surface area contributed by atoms with E-state index in [0.717, 1.165) is 0 Å². The van der Waals surface area contributed by atoms with E-state index in [0.29, 0.717) is 4.48 Å². The Hall–Kier alpha value is -0.620. The Labute approximate surface area is 76.3 Å². The molecule has 0 radical (unpaired) electrons. The van der Waals surface area contributed by atoms with Crippen molar-refractivity contribution < 1.29 is 4.92 Å². The number of rotatable bonds is 1. The second kappa shape index (κ2) is 3.19. The van der Waals surface area contributed by atoms with E-state index in [2.05, 4.69) is 33.1 Å². The normalized spacial score (nSPS) is 23.2. The van der Waals surface area contributed by atoms with E-state index in [9.17, 15) is 10.1 Å². The van der Waals surface area contributed by atoms with Crippen LogP contribution in [0.5, 0.6) is 0 Å². The summed E-state index contributed by atoms with van der Waals surface area (Å²) in [7, 11) is 0. The molecule has 0 fully saturated rings. The summed E-state index contributed by atoms with van der Waals surface area (Å²) in [4.78, 5) is 13.6. The summed E-state index contributed by atoms with van der Waals surface area (Å²) in [6.45, 7) is 0. The molecular weight excluding hydrogens is 232 g/mol. The molecule has 0 bridgehead atoms. The zero-order chi connectivity index (χ0) is 8.43. The molecule has 11 heavy (non-hydrogen) atoms. The molecule has 0 saturated heterocycles. The lowest BCUT2D eigenvalue weighted by Crippen LogP contribution is -2.26. The topological polar surface area (TPSA) is 55.5 Å². The highest BCUT2D eigenvalue weighted by molar-refractivity contribution is 9.12. The minimum absolute atomic E-state index is 0.0956. The maximum absolute atomic E-state index is 10.3. The van der Waals surface area contributed by atoms with Crippen molar-refractivity contribution in [2.75, 3.05) is 0 Å². The minimum Gasteiger partial charge on any atom is -0.263 e. The number of hydrogen-bond donors (Lipinski definition) is 0. The van der Waals surface area contributed by atoms with Gasteiger partial charge in [0, 0.05) is 21.7 Å². The Bertz CT molecular complexity index is 274. The van der Waals surface area contributed by atoms with Gasteiger partial charge in [0.05, 0.1) is 0 Å². The second-order valence-corrected chi connectivity index (χ2v) is 3.21. The van der Waals surface area contributed by atoms with Gasteiger partial charge < -0.3 is 0 Å². The average molecular weight is 235 g/mol. The number of halogens is 1. The summed E-state index contributed by atoms with van der Waals surface area (Å²) in [5.41, 5.74) is 0. The Kier molecular flexibility index (Phi) is 2.45. The van der Waals surface area contributed by atoms with Crippen LogP contribution in [0.15, 0.2) is 15.6 Å². The van der Waals surface area contributed by atoms with E-state index < -0.39 is 11.0 Å². The van der Waals surface area contributed by atoms with Crippen molar-refractivity contribution in [2.24, 2.45) is 4.99 Å². The van der Waals surface area contributed by atoms with Crippen LogP contribution in [-0.2, 0) is 0 Å². The maximum atomic E-state index is 10.3. The number of nitrogens with zero attached hydrogens (tertiary/aromatic N) is 2. The molecule has 0 saturated carbocycles. The van der Waals surface area contributed by atoms with Crippen LogP contribution in [0.2, 0.25) is 0 Å². The third-order valence-electron chi connectivity index (χ3n) is 1.11. The SMILES string of the molecule is O=[N+]([O-])C1C=C(Br)C=NC1=S. The first-order valence-electron chi connectivity index (χ1n) is 2.70. The predicted molar refractivity (Wildman–Crippen MR) is 48.9 cm³/mol. The van der Waals surface area contributed by atoms with Crippen molar-refractivity contribution in [2.45, 2.75) is 6.04 Å². The van der Waals surface area contributed by atoms with Crippen molar-refractivity contribution in [3.05, 3.63) is 20.7 Å². The maximum Gasteiger partial charge on any atom is 0.284 e. The zero-order valence-corrected chi connectivity index (χ0v) is 7.63. The molecule has 1 atom stereocenters. The first-order chi connectivity index (χ1) is 5.11. The van der Waals surface area contributed by atoms with Gasteiger partial charge in [-0.3, -0.25) is 10.1 Å². The van der Waals surface area contributed by atoms with Crippen molar-refractivity contribution in [1.29, 1.82) is 0 Å². The fourth-order valence-corrected chi connectivity index (χ4v) is 1.18. The third-order valence-corrected chi connectivity index (χ3v) is 1.93. The minimum atomic E-state index is -0.954. The summed E-state index contributed by atoms with van der Waals surface area (Å²) in [6.07, 6.45) is 2.86.